The van der Waals surface area contributed by atoms with Crippen molar-refractivity contribution in [1.82, 2.24) is 15.5 Å². The summed E-state index contributed by atoms with van der Waals surface area (Å²) in [5, 5.41) is 14.7. The Morgan fingerprint density at radius 1 is 1.03 bits per heavy atom. The minimum absolute atomic E-state index is 0.0859. The quantitative estimate of drug-likeness (QED) is 0.573. The van der Waals surface area contributed by atoms with E-state index in [0.717, 1.165) is 16.1 Å². The van der Waals surface area contributed by atoms with E-state index >= 15 is 0 Å². The first-order chi connectivity index (χ1) is 14.5. The number of methoxy groups -OCH3 is 2. The number of carbonyl (C=O) groups is 2. The van der Waals surface area contributed by atoms with Crippen LogP contribution in [0.25, 0.3) is 10.6 Å². The highest BCUT2D eigenvalue weighted by atomic mass is 32.1. The van der Waals surface area contributed by atoms with Crippen molar-refractivity contribution in [3.63, 3.8) is 0 Å². The Morgan fingerprint density at radius 3 is 2.40 bits per heavy atom. The third kappa shape index (κ3) is 5.12. The van der Waals surface area contributed by atoms with E-state index in [1.807, 2.05) is 31.2 Å². The molecule has 0 atom stereocenters. The molecule has 156 valence electrons. The lowest BCUT2D eigenvalue weighted by Crippen LogP contribution is -2.28. The zero-order chi connectivity index (χ0) is 21.5. The molecule has 2 amide bonds. The molecule has 0 aliphatic carbocycles. The molecule has 30 heavy (non-hydrogen) atoms. The summed E-state index contributed by atoms with van der Waals surface area (Å²) < 4.78 is 10.5. The zero-order valence-electron chi connectivity index (χ0n) is 16.9. The van der Waals surface area contributed by atoms with Crippen LogP contribution < -0.4 is 20.1 Å². The fraction of sp³-hybridized carbons (Fsp3) is 0.238. The highest BCUT2D eigenvalue weighted by molar-refractivity contribution is 7.18. The number of hydrogen-bond donors (Lipinski definition) is 2. The molecule has 1 heterocycles. The second kappa shape index (κ2) is 9.84. The second-order valence-corrected chi connectivity index (χ2v) is 7.35. The van der Waals surface area contributed by atoms with Gasteiger partial charge in [0.25, 0.3) is 5.91 Å². The monoisotopic (exact) mass is 426 g/mol. The number of anilines is 1. The molecule has 0 aliphatic heterocycles. The van der Waals surface area contributed by atoms with Gasteiger partial charge in [0.05, 0.1) is 14.2 Å². The fourth-order valence-electron chi connectivity index (χ4n) is 2.80. The van der Waals surface area contributed by atoms with Crippen LogP contribution in [-0.2, 0) is 4.79 Å². The van der Waals surface area contributed by atoms with Crippen molar-refractivity contribution in [2.75, 3.05) is 26.1 Å². The van der Waals surface area contributed by atoms with Gasteiger partial charge in [0.2, 0.25) is 11.0 Å². The molecule has 9 heteroatoms. The number of hydrogen-bond acceptors (Lipinski definition) is 7. The molecular formula is C21H22N4O4S. The van der Waals surface area contributed by atoms with Crippen molar-refractivity contribution in [1.29, 1.82) is 0 Å². The van der Waals surface area contributed by atoms with E-state index in [4.69, 9.17) is 9.47 Å². The van der Waals surface area contributed by atoms with Crippen LogP contribution in [0.3, 0.4) is 0 Å². The van der Waals surface area contributed by atoms with Crippen molar-refractivity contribution < 1.29 is 19.1 Å². The van der Waals surface area contributed by atoms with Gasteiger partial charge in [-0.2, -0.15) is 0 Å². The predicted molar refractivity (Wildman–Crippen MR) is 115 cm³/mol. The van der Waals surface area contributed by atoms with Crippen LogP contribution in [0.1, 0.15) is 22.3 Å². The van der Waals surface area contributed by atoms with E-state index in [1.165, 1.54) is 25.6 Å². The number of nitrogens with one attached hydrogen (secondary N) is 2. The summed E-state index contributed by atoms with van der Waals surface area (Å²) in [7, 11) is 2.96. The summed E-state index contributed by atoms with van der Waals surface area (Å²) in [4.78, 5) is 24.7. The molecule has 2 N–H and O–H groups in total. The summed E-state index contributed by atoms with van der Waals surface area (Å²) in [6.45, 7) is 2.15. The van der Waals surface area contributed by atoms with E-state index in [1.54, 1.807) is 18.2 Å². The van der Waals surface area contributed by atoms with Crippen LogP contribution in [0.15, 0.2) is 42.5 Å². The van der Waals surface area contributed by atoms with Gasteiger partial charge in [-0.15, -0.1) is 10.2 Å². The Labute approximate surface area is 178 Å². The summed E-state index contributed by atoms with van der Waals surface area (Å²) in [5.41, 5.74) is 2.36. The first kappa shape index (κ1) is 21.3. The van der Waals surface area contributed by atoms with Crippen LogP contribution in [0.2, 0.25) is 0 Å². The number of amides is 2. The predicted octanol–water partition coefficient (Wildman–Crippen LogP) is 3.29. The van der Waals surface area contributed by atoms with E-state index in [0.29, 0.717) is 16.6 Å². The molecule has 0 radical (unpaired) electrons. The molecule has 0 aliphatic rings. The Balaban J connectivity index is 1.54. The SMILES string of the molecule is COc1cccc(OC)c1C(=O)NCCC(=O)Nc1nnc(-c2cccc(C)c2)s1. The fourth-order valence-corrected chi connectivity index (χ4v) is 3.56. The van der Waals surface area contributed by atoms with Crippen molar-refractivity contribution >= 4 is 28.3 Å². The summed E-state index contributed by atoms with van der Waals surface area (Å²) in [5.74, 6) is 0.145. The van der Waals surface area contributed by atoms with E-state index in [2.05, 4.69) is 20.8 Å². The third-order valence-electron chi connectivity index (χ3n) is 4.23. The summed E-state index contributed by atoms with van der Waals surface area (Å²) >= 11 is 1.29. The maximum atomic E-state index is 12.5. The van der Waals surface area contributed by atoms with Crippen LogP contribution in [0, 0.1) is 6.92 Å². The topological polar surface area (TPSA) is 102 Å². The molecular weight excluding hydrogens is 404 g/mol. The molecule has 0 fully saturated rings. The van der Waals surface area contributed by atoms with Gasteiger partial charge in [-0.05, 0) is 25.1 Å². The molecule has 1 aromatic heterocycles. The molecule has 2 aromatic carbocycles. The van der Waals surface area contributed by atoms with Gasteiger partial charge >= 0.3 is 0 Å². The van der Waals surface area contributed by atoms with Gasteiger partial charge in [-0.1, -0.05) is 41.2 Å². The van der Waals surface area contributed by atoms with Crippen LogP contribution in [-0.4, -0.2) is 42.8 Å². The van der Waals surface area contributed by atoms with E-state index < -0.39 is 0 Å². The van der Waals surface area contributed by atoms with Gasteiger partial charge in [0.15, 0.2) is 0 Å². The number of nitrogens with zero attached hydrogens (tertiary/aromatic N) is 2. The number of benzene rings is 2. The molecule has 0 bridgehead atoms. The minimum atomic E-state index is -0.380. The lowest BCUT2D eigenvalue weighted by molar-refractivity contribution is -0.116. The molecule has 8 nitrogen and oxygen atoms in total. The molecule has 3 rings (SSSR count). The van der Waals surface area contributed by atoms with Gasteiger partial charge in [-0.3, -0.25) is 9.59 Å². The maximum absolute atomic E-state index is 12.5. The normalized spacial score (nSPS) is 10.4. The summed E-state index contributed by atoms with van der Waals surface area (Å²) in [6.07, 6.45) is 0.0859. The zero-order valence-corrected chi connectivity index (χ0v) is 17.7. The van der Waals surface area contributed by atoms with Crippen molar-refractivity contribution in [2.24, 2.45) is 0 Å². The Bertz CT molecular complexity index is 1030. The number of ether oxygens (including phenoxy) is 2. The van der Waals surface area contributed by atoms with Gasteiger partial charge < -0.3 is 20.1 Å². The number of rotatable bonds is 8. The Kier molecular flexibility index (Phi) is 6.97. The number of aryl methyl sites for hydroxylation is 1. The van der Waals surface area contributed by atoms with E-state index in [-0.39, 0.29) is 30.3 Å². The van der Waals surface area contributed by atoms with Crippen LogP contribution in [0.5, 0.6) is 11.5 Å². The summed E-state index contributed by atoms with van der Waals surface area (Å²) in [6, 6.07) is 13.0. The smallest absolute Gasteiger partial charge is 0.258 e. The van der Waals surface area contributed by atoms with Gasteiger partial charge in [0.1, 0.15) is 22.1 Å². The lowest BCUT2D eigenvalue weighted by Gasteiger charge is -2.12. The largest absolute Gasteiger partial charge is 0.496 e. The first-order valence-corrected chi connectivity index (χ1v) is 10.0. The molecule has 0 saturated heterocycles. The number of carbonyl (C=O) groups excluding carboxylic acids is 2. The average molecular weight is 426 g/mol. The Hall–Kier alpha value is -3.46. The molecule has 3 aromatic rings. The highest BCUT2D eigenvalue weighted by Gasteiger charge is 2.18. The van der Waals surface area contributed by atoms with Gasteiger partial charge in [-0.25, -0.2) is 0 Å². The van der Waals surface area contributed by atoms with E-state index in [9.17, 15) is 9.59 Å². The lowest BCUT2D eigenvalue weighted by atomic mass is 10.1. The molecule has 0 unspecified atom stereocenters. The standard InChI is InChI=1S/C21H22N4O4S/c1-13-6-4-7-14(12-13)20-24-25-21(30-20)23-17(26)10-11-22-19(27)18-15(28-2)8-5-9-16(18)29-3/h4-9,12H,10-11H2,1-3H3,(H,22,27)(H,23,25,26). The maximum Gasteiger partial charge on any atom is 0.258 e. The number of aromatic nitrogens is 2. The second-order valence-electron chi connectivity index (χ2n) is 6.37. The first-order valence-electron chi connectivity index (χ1n) is 9.21. The van der Waals surface area contributed by atoms with Crippen molar-refractivity contribution in [3.05, 3.63) is 53.6 Å². The molecule has 0 spiro atoms. The van der Waals surface area contributed by atoms with Crippen LogP contribution in [0.4, 0.5) is 5.13 Å². The molecule has 0 saturated carbocycles. The van der Waals surface area contributed by atoms with Crippen molar-refractivity contribution in [2.45, 2.75) is 13.3 Å². The highest BCUT2D eigenvalue weighted by Crippen LogP contribution is 2.28. The van der Waals surface area contributed by atoms with Crippen molar-refractivity contribution in [3.8, 4) is 22.1 Å². The Morgan fingerprint density at radius 2 is 1.73 bits per heavy atom. The third-order valence-corrected chi connectivity index (χ3v) is 5.12. The minimum Gasteiger partial charge on any atom is -0.496 e. The average Bonchev–Trinajstić information content (AvgIpc) is 3.21. The van der Waals surface area contributed by atoms with Crippen LogP contribution >= 0.6 is 11.3 Å². The van der Waals surface area contributed by atoms with Gasteiger partial charge in [0, 0.05) is 18.5 Å².